The smallest absolute Gasteiger partial charge is 0.330 e. The number of rotatable bonds is 14. The highest BCUT2D eigenvalue weighted by molar-refractivity contribution is 5.97. The maximum absolute atomic E-state index is 13.0. The number of H-pyrrole nitrogens is 1. The van der Waals surface area contributed by atoms with E-state index in [-0.39, 0.29) is 48.6 Å². The third kappa shape index (κ3) is 8.14. The van der Waals surface area contributed by atoms with Gasteiger partial charge in [-0.25, -0.2) is 4.79 Å². The number of nitrogens with two attached hydrogens (primary N) is 1. The number of nitrogens with one attached hydrogen (secondary N) is 2. The third-order valence-electron chi connectivity index (χ3n) is 5.28. The number of hydrogen-bond acceptors (Lipinski definition) is 6. The van der Waals surface area contributed by atoms with Crippen LogP contribution in [0.5, 0.6) is 0 Å². The summed E-state index contributed by atoms with van der Waals surface area (Å²) in [5.74, 6) is -0.568. The second kappa shape index (κ2) is 13.7. The van der Waals surface area contributed by atoms with E-state index in [1.54, 1.807) is 0 Å². The van der Waals surface area contributed by atoms with Crippen LogP contribution < -0.4 is 27.2 Å². The first-order valence-corrected chi connectivity index (χ1v) is 11.6. The van der Waals surface area contributed by atoms with Gasteiger partial charge in [0.2, 0.25) is 11.8 Å². The molecule has 0 aromatic carbocycles. The van der Waals surface area contributed by atoms with Gasteiger partial charge >= 0.3 is 5.69 Å². The van der Waals surface area contributed by atoms with Crippen LogP contribution in [0.4, 0.5) is 11.5 Å². The summed E-state index contributed by atoms with van der Waals surface area (Å²) in [6, 6.07) is 0. The van der Waals surface area contributed by atoms with Gasteiger partial charge in [-0.2, -0.15) is 0 Å². The van der Waals surface area contributed by atoms with Crippen molar-refractivity contribution in [1.82, 2.24) is 19.8 Å². The topological polar surface area (TPSA) is 134 Å². The van der Waals surface area contributed by atoms with E-state index in [2.05, 4.69) is 29.0 Å². The third-order valence-corrected chi connectivity index (χ3v) is 5.28. The molecule has 1 rings (SSSR count). The van der Waals surface area contributed by atoms with Gasteiger partial charge in [-0.1, -0.05) is 41.0 Å². The summed E-state index contributed by atoms with van der Waals surface area (Å²) in [6.07, 6.45) is 1.51. The van der Waals surface area contributed by atoms with Crippen molar-refractivity contribution in [2.45, 2.75) is 66.8 Å². The van der Waals surface area contributed by atoms with Crippen molar-refractivity contribution in [3.05, 3.63) is 20.8 Å². The van der Waals surface area contributed by atoms with Crippen molar-refractivity contribution in [3.63, 3.8) is 0 Å². The minimum atomic E-state index is -0.696. The zero-order valence-corrected chi connectivity index (χ0v) is 20.2. The number of anilines is 2. The normalized spacial score (nSPS) is 11.2. The maximum atomic E-state index is 13.0. The first-order valence-electron chi connectivity index (χ1n) is 11.6. The number of hydrogen-bond donors (Lipinski definition) is 3. The second-order valence-electron chi connectivity index (χ2n) is 8.27. The molecule has 1 aromatic rings. The van der Waals surface area contributed by atoms with Crippen LogP contribution in [0, 0.1) is 5.92 Å². The van der Waals surface area contributed by atoms with Crippen LogP contribution in [0.15, 0.2) is 9.59 Å². The lowest BCUT2D eigenvalue weighted by atomic mass is 10.1. The van der Waals surface area contributed by atoms with Crippen LogP contribution in [0.1, 0.15) is 60.3 Å². The molecule has 0 radical (unpaired) electrons. The molecular weight excluding hydrogens is 412 g/mol. The Bertz CT molecular complexity index is 857. The quantitative estimate of drug-likeness (QED) is 0.388. The minimum Gasteiger partial charge on any atom is -0.383 e. The van der Waals surface area contributed by atoms with Crippen LogP contribution >= 0.6 is 0 Å². The zero-order chi connectivity index (χ0) is 24.3. The first kappa shape index (κ1) is 27.4. The van der Waals surface area contributed by atoms with E-state index in [1.165, 1.54) is 9.47 Å². The highest BCUT2D eigenvalue weighted by Gasteiger charge is 2.25. The van der Waals surface area contributed by atoms with E-state index in [9.17, 15) is 19.2 Å². The van der Waals surface area contributed by atoms with Crippen LogP contribution in [-0.2, 0) is 16.1 Å². The number of carbonyl (C=O) groups is 2. The molecule has 2 amide bonds. The van der Waals surface area contributed by atoms with Gasteiger partial charge in [0.25, 0.3) is 5.56 Å². The zero-order valence-electron chi connectivity index (χ0n) is 20.2. The van der Waals surface area contributed by atoms with Crippen molar-refractivity contribution in [2.75, 3.05) is 43.4 Å². The number of amides is 2. The number of nitrogens with zero attached hydrogens (tertiary/aromatic N) is 3. The molecule has 1 heterocycles. The van der Waals surface area contributed by atoms with E-state index in [0.29, 0.717) is 19.5 Å². The molecule has 10 nitrogen and oxygen atoms in total. The summed E-state index contributed by atoms with van der Waals surface area (Å²) in [5, 5.41) is 2.83. The average molecular weight is 453 g/mol. The molecule has 0 fully saturated rings. The molecule has 0 aliphatic carbocycles. The lowest BCUT2D eigenvalue weighted by Gasteiger charge is -2.26. The molecular formula is C22H40N6O4. The molecule has 0 bridgehead atoms. The molecule has 0 saturated carbocycles. The van der Waals surface area contributed by atoms with Gasteiger partial charge in [-0.05, 0) is 25.4 Å². The van der Waals surface area contributed by atoms with Crippen LogP contribution in [0.3, 0.4) is 0 Å². The largest absolute Gasteiger partial charge is 0.383 e. The second-order valence-corrected chi connectivity index (χ2v) is 8.27. The predicted octanol–water partition coefficient (Wildman–Crippen LogP) is 1.15. The monoisotopic (exact) mass is 452 g/mol. The van der Waals surface area contributed by atoms with E-state index in [4.69, 9.17) is 5.73 Å². The molecule has 1 aromatic heterocycles. The minimum absolute atomic E-state index is 0.0129. The Morgan fingerprint density at radius 3 is 2.34 bits per heavy atom. The summed E-state index contributed by atoms with van der Waals surface area (Å²) in [5.41, 5.74) is 4.87. The van der Waals surface area contributed by atoms with Gasteiger partial charge in [0, 0.05) is 39.0 Å². The SMILES string of the molecule is CCCCn1c(N)c(N(CC(C)C)C(=O)CCC(=O)NCCN(CC)CC)c(=O)[nH]c1=O. The molecule has 0 aliphatic rings. The fourth-order valence-corrected chi connectivity index (χ4v) is 3.40. The first-order chi connectivity index (χ1) is 15.2. The molecule has 10 heteroatoms. The van der Waals surface area contributed by atoms with Crippen LogP contribution in [0.25, 0.3) is 0 Å². The van der Waals surface area contributed by atoms with Gasteiger partial charge in [0.1, 0.15) is 5.82 Å². The standard InChI is InChI=1S/C22H40N6O4/c1-6-9-13-27-20(23)19(21(31)25-22(27)32)28(15-16(4)5)18(30)11-10-17(29)24-12-14-26(7-2)8-3/h16H,6-15,23H2,1-5H3,(H,24,29)(H,25,31,32). The molecule has 182 valence electrons. The van der Waals surface area contributed by atoms with Gasteiger partial charge < -0.3 is 20.9 Å². The Hall–Kier alpha value is -2.62. The molecule has 0 spiro atoms. The van der Waals surface area contributed by atoms with Crippen molar-refractivity contribution < 1.29 is 9.59 Å². The Morgan fingerprint density at radius 1 is 1.12 bits per heavy atom. The van der Waals surface area contributed by atoms with Crippen molar-refractivity contribution in [1.29, 1.82) is 0 Å². The molecule has 4 N–H and O–H groups in total. The lowest BCUT2D eigenvalue weighted by Crippen LogP contribution is -2.43. The van der Waals surface area contributed by atoms with Gasteiger partial charge in [0.15, 0.2) is 5.69 Å². The highest BCUT2D eigenvalue weighted by atomic mass is 16.2. The average Bonchev–Trinajstić information content (AvgIpc) is 2.73. The van der Waals surface area contributed by atoms with Crippen molar-refractivity contribution >= 4 is 23.3 Å². The molecule has 32 heavy (non-hydrogen) atoms. The number of unbranched alkanes of at least 4 members (excludes halogenated alkanes) is 1. The summed E-state index contributed by atoms with van der Waals surface area (Å²) in [7, 11) is 0. The summed E-state index contributed by atoms with van der Waals surface area (Å²) in [6.45, 7) is 13.6. The van der Waals surface area contributed by atoms with E-state index in [1.807, 2.05) is 20.8 Å². The molecule has 0 aliphatic heterocycles. The Morgan fingerprint density at radius 2 is 1.78 bits per heavy atom. The molecule has 0 saturated heterocycles. The Balaban J connectivity index is 2.97. The summed E-state index contributed by atoms with van der Waals surface area (Å²) >= 11 is 0. The lowest BCUT2D eigenvalue weighted by molar-refractivity contribution is -0.125. The van der Waals surface area contributed by atoms with Gasteiger partial charge in [-0.3, -0.25) is 23.9 Å². The fraction of sp³-hybridized carbons (Fsp3) is 0.727. The van der Waals surface area contributed by atoms with E-state index >= 15 is 0 Å². The molecule has 0 unspecified atom stereocenters. The van der Waals surface area contributed by atoms with Crippen LogP contribution in [-0.4, -0.2) is 59.0 Å². The maximum Gasteiger partial charge on any atom is 0.330 e. The number of likely N-dealkylation sites (N-methyl/N-ethyl adjacent to an activating group) is 1. The Labute approximate surface area is 190 Å². The number of aromatic nitrogens is 2. The van der Waals surface area contributed by atoms with E-state index in [0.717, 1.165) is 26.1 Å². The Kier molecular flexibility index (Phi) is 11.8. The molecule has 0 atom stereocenters. The van der Waals surface area contributed by atoms with Gasteiger partial charge in [-0.15, -0.1) is 0 Å². The number of aromatic amines is 1. The highest BCUT2D eigenvalue weighted by Crippen LogP contribution is 2.20. The fourth-order valence-electron chi connectivity index (χ4n) is 3.40. The van der Waals surface area contributed by atoms with Crippen molar-refractivity contribution in [3.8, 4) is 0 Å². The van der Waals surface area contributed by atoms with E-state index < -0.39 is 11.2 Å². The number of carbonyl (C=O) groups excluding carboxylic acids is 2. The number of nitrogen functional groups attached to an aromatic ring is 1. The van der Waals surface area contributed by atoms with Crippen LogP contribution in [0.2, 0.25) is 0 Å². The van der Waals surface area contributed by atoms with Crippen molar-refractivity contribution in [2.24, 2.45) is 5.92 Å². The summed E-state index contributed by atoms with van der Waals surface area (Å²) in [4.78, 5) is 55.8. The van der Waals surface area contributed by atoms with Gasteiger partial charge in [0.05, 0.1) is 0 Å². The predicted molar refractivity (Wildman–Crippen MR) is 128 cm³/mol. The summed E-state index contributed by atoms with van der Waals surface area (Å²) < 4.78 is 1.29.